The molecule has 1 aromatic carbocycles. The van der Waals surface area contributed by atoms with Gasteiger partial charge in [0.15, 0.2) is 0 Å². The maximum atomic E-state index is 12.3. The van der Waals surface area contributed by atoms with Crippen molar-refractivity contribution in [2.45, 2.75) is 24.7 Å². The van der Waals surface area contributed by atoms with Crippen molar-refractivity contribution in [3.63, 3.8) is 0 Å². The van der Waals surface area contributed by atoms with E-state index in [-0.39, 0.29) is 23.8 Å². The van der Waals surface area contributed by atoms with Gasteiger partial charge in [-0.1, -0.05) is 0 Å². The summed E-state index contributed by atoms with van der Waals surface area (Å²) >= 11 is 3.28. The van der Waals surface area contributed by atoms with E-state index in [1.54, 1.807) is 22.7 Å². The number of aromatic nitrogens is 1. The Morgan fingerprint density at radius 2 is 1.93 bits per heavy atom. The molecule has 3 rings (SSSR count). The second-order valence-electron chi connectivity index (χ2n) is 6.35. The van der Waals surface area contributed by atoms with Crippen LogP contribution in [0.2, 0.25) is 0 Å². The van der Waals surface area contributed by atoms with Crippen LogP contribution in [-0.4, -0.2) is 32.4 Å². The van der Waals surface area contributed by atoms with Gasteiger partial charge in [-0.2, -0.15) is 5.26 Å². The molecule has 7 nitrogen and oxygen atoms in total. The number of nitrogens with zero attached hydrogens (tertiary/aromatic N) is 2. The molecule has 2 aromatic heterocycles. The van der Waals surface area contributed by atoms with Gasteiger partial charge in [-0.15, -0.1) is 22.7 Å². The second kappa shape index (κ2) is 9.95. The monoisotopic (exact) mass is 460 g/mol. The number of thiophene rings is 1. The SMILES string of the molecule is Cc1nc(-c2ccc(CCNC(=O)c3ccc(S(=O)(=O)NCCC#N)cc3)s2)cs1. The van der Waals surface area contributed by atoms with Gasteiger partial charge in [0.05, 0.1) is 26.5 Å². The topological polar surface area (TPSA) is 112 Å². The Kier molecular flexibility index (Phi) is 7.33. The molecule has 156 valence electrons. The first kappa shape index (κ1) is 22.1. The number of benzene rings is 1. The van der Waals surface area contributed by atoms with Crippen LogP contribution in [0.25, 0.3) is 10.6 Å². The summed E-state index contributed by atoms with van der Waals surface area (Å²) in [5.74, 6) is -0.261. The molecule has 1 amide bonds. The molecule has 0 spiro atoms. The number of carbonyl (C=O) groups excluding carboxylic acids is 1. The number of nitrogens with one attached hydrogen (secondary N) is 2. The number of carbonyl (C=O) groups is 1. The summed E-state index contributed by atoms with van der Waals surface area (Å²) in [4.78, 5) is 19.1. The Morgan fingerprint density at radius 3 is 2.60 bits per heavy atom. The maximum absolute atomic E-state index is 12.3. The summed E-state index contributed by atoms with van der Waals surface area (Å²) in [6, 6.07) is 11.7. The molecular formula is C20H20N4O3S3. The fraction of sp³-hybridized carbons (Fsp3) is 0.250. The second-order valence-corrected chi connectivity index (χ2v) is 10.4. The molecule has 2 N–H and O–H groups in total. The Balaban J connectivity index is 1.52. The fourth-order valence-corrected chi connectivity index (χ4v) is 5.33. The van der Waals surface area contributed by atoms with Gasteiger partial charge in [0.2, 0.25) is 10.0 Å². The third-order valence-electron chi connectivity index (χ3n) is 4.15. The van der Waals surface area contributed by atoms with E-state index in [0.29, 0.717) is 18.5 Å². The number of sulfonamides is 1. The highest BCUT2D eigenvalue weighted by atomic mass is 32.2. The molecule has 10 heteroatoms. The molecule has 30 heavy (non-hydrogen) atoms. The zero-order chi connectivity index (χ0) is 21.6. The van der Waals surface area contributed by atoms with Gasteiger partial charge in [0.1, 0.15) is 0 Å². The van der Waals surface area contributed by atoms with Gasteiger partial charge in [-0.05, 0) is 49.7 Å². The molecule has 0 fully saturated rings. The van der Waals surface area contributed by atoms with Crippen molar-refractivity contribution in [1.82, 2.24) is 15.0 Å². The van der Waals surface area contributed by atoms with Crippen LogP contribution in [0.5, 0.6) is 0 Å². The highest BCUT2D eigenvalue weighted by Gasteiger charge is 2.14. The number of hydrogen-bond acceptors (Lipinski definition) is 7. The lowest BCUT2D eigenvalue weighted by Gasteiger charge is -2.07. The predicted octanol–water partition coefficient (Wildman–Crippen LogP) is 3.34. The van der Waals surface area contributed by atoms with Gasteiger partial charge in [0, 0.05) is 35.3 Å². The number of amides is 1. The zero-order valence-electron chi connectivity index (χ0n) is 16.2. The molecule has 0 bridgehead atoms. The van der Waals surface area contributed by atoms with E-state index in [1.807, 2.05) is 30.5 Å². The van der Waals surface area contributed by atoms with Crippen molar-refractivity contribution in [2.24, 2.45) is 0 Å². The summed E-state index contributed by atoms with van der Waals surface area (Å²) in [6.45, 7) is 2.50. The Bertz CT molecular complexity index is 1160. The lowest BCUT2D eigenvalue weighted by atomic mass is 10.2. The average Bonchev–Trinajstić information content (AvgIpc) is 3.37. The lowest BCUT2D eigenvalue weighted by Crippen LogP contribution is -2.26. The largest absolute Gasteiger partial charge is 0.352 e. The van der Waals surface area contributed by atoms with Crippen LogP contribution in [0.1, 0.15) is 26.7 Å². The standard InChI is InChI=1S/C20H20N4O3S3/c1-14-24-18(13-28-14)19-8-5-16(29-19)9-12-22-20(25)15-3-6-17(7-4-15)30(26,27)23-11-2-10-21/h3-8,13,23H,2,9,11-12H2,1H3,(H,22,25). The minimum Gasteiger partial charge on any atom is -0.352 e. The van der Waals surface area contributed by atoms with Gasteiger partial charge in [-0.3, -0.25) is 4.79 Å². The normalized spacial score (nSPS) is 11.2. The quantitative estimate of drug-likeness (QED) is 0.476. The van der Waals surface area contributed by atoms with E-state index in [0.717, 1.165) is 20.5 Å². The molecule has 0 aliphatic heterocycles. The van der Waals surface area contributed by atoms with Crippen molar-refractivity contribution in [3.8, 4) is 16.6 Å². The van der Waals surface area contributed by atoms with E-state index >= 15 is 0 Å². The van der Waals surface area contributed by atoms with E-state index in [2.05, 4.69) is 15.0 Å². The van der Waals surface area contributed by atoms with Crippen LogP contribution in [-0.2, 0) is 16.4 Å². The molecule has 0 aliphatic rings. The average molecular weight is 461 g/mol. The summed E-state index contributed by atoms with van der Waals surface area (Å²) in [5, 5.41) is 14.4. The van der Waals surface area contributed by atoms with Gasteiger partial charge in [-0.25, -0.2) is 18.1 Å². The first-order valence-corrected chi connectivity index (χ1v) is 12.3. The maximum Gasteiger partial charge on any atom is 0.251 e. The van der Waals surface area contributed by atoms with E-state index < -0.39 is 10.0 Å². The van der Waals surface area contributed by atoms with Crippen LogP contribution in [0.3, 0.4) is 0 Å². The molecule has 0 unspecified atom stereocenters. The Hall–Kier alpha value is -2.58. The van der Waals surface area contributed by atoms with Crippen molar-refractivity contribution in [2.75, 3.05) is 13.1 Å². The zero-order valence-corrected chi connectivity index (χ0v) is 18.7. The Morgan fingerprint density at radius 1 is 1.17 bits per heavy atom. The first-order valence-electron chi connectivity index (χ1n) is 9.15. The van der Waals surface area contributed by atoms with Crippen LogP contribution in [0.15, 0.2) is 46.7 Å². The number of rotatable bonds is 9. The smallest absolute Gasteiger partial charge is 0.251 e. The van der Waals surface area contributed by atoms with E-state index in [9.17, 15) is 13.2 Å². The fourth-order valence-electron chi connectivity index (χ4n) is 2.64. The number of aryl methyl sites for hydroxylation is 1. The van der Waals surface area contributed by atoms with Crippen molar-refractivity contribution >= 4 is 38.6 Å². The molecule has 0 aliphatic carbocycles. The van der Waals surface area contributed by atoms with Crippen LogP contribution in [0.4, 0.5) is 0 Å². The summed E-state index contributed by atoms with van der Waals surface area (Å²) in [7, 11) is -3.68. The van der Waals surface area contributed by atoms with E-state index in [1.165, 1.54) is 24.3 Å². The minimum absolute atomic E-state index is 0.0492. The molecule has 0 saturated heterocycles. The van der Waals surface area contributed by atoms with Crippen LogP contribution in [0, 0.1) is 18.3 Å². The summed E-state index contributed by atoms with van der Waals surface area (Å²) < 4.78 is 26.5. The van der Waals surface area contributed by atoms with Gasteiger partial charge >= 0.3 is 0 Å². The van der Waals surface area contributed by atoms with Gasteiger partial charge < -0.3 is 5.32 Å². The minimum atomic E-state index is -3.68. The third kappa shape index (κ3) is 5.73. The molecular weight excluding hydrogens is 440 g/mol. The van der Waals surface area contributed by atoms with E-state index in [4.69, 9.17) is 5.26 Å². The van der Waals surface area contributed by atoms with Crippen molar-refractivity contribution in [1.29, 1.82) is 5.26 Å². The predicted molar refractivity (Wildman–Crippen MR) is 118 cm³/mol. The molecule has 0 radical (unpaired) electrons. The highest BCUT2D eigenvalue weighted by molar-refractivity contribution is 7.89. The summed E-state index contributed by atoms with van der Waals surface area (Å²) in [5.41, 5.74) is 1.37. The van der Waals surface area contributed by atoms with Gasteiger partial charge in [0.25, 0.3) is 5.91 Å². The van der Waals surface area contributed by atoms with Crippen LogP contribution < -0.4 is 10.0 Å². The van der Waals surface area contributed by atoms with Crippen molar-refractivity contribution < 1.29 is 13.2 Å². The number of thiazole rings is 1. The number of hydrogen-bond donors (Lipinski definition) is 2. The number of nitriles is 1. The summed E-state index contributed by atoms with van der Waals surface area (Å²) in [6.07, 6.45) is 0.795. The third-order valence-corrected chi connectivity index (χ3v) is 7.56. The highest BCUT2D eigenvalue weighted by Crippen LogP contribution is 2.29. The molecule has 0 atom stereocenters. The molecule has 2 heterocycles. The molecule has 3 aromatic rings. The Labute approximate surface area is 183 Å². The van der Waals surface area contributed by atoms with Crippen molar-refractivity contribution in [3.05, 3.63) is 57.2 Å². The van der Waals surface area contributed by atoms with Crippen LogP contribution >= 0.6 is 22.7 Å². The molecule has 0 saturated carbocycles. The lowest BCUT2D eigenvalue weighted by molar-refractivity contribution is 0.0954. The first-order chi connectivity index (χ1) is 14.4.